The fraction of sp³-hybridized carbons (Fsp3) is 0.438. The zero-order valence-electron chi connectivity index (χ0n) is 15.6. The minimum absolute atomic E-state index is 0.423. The molecule has 0 bridgehead atoms. The van der Waals surface area contributed by atoms with E-state index in [1.54, 1.807) is 13.1 Å². The van der Waals surface area contributed by atoms with Gasteiger partial charge in [-0.1, -0.05) is 36.1 Å². The van der Waals surface area contributed by atoms with Crippen LogP contribution in [0.25, 0.3) is 0 Å². The molecule has 1 aromatic carbocycles. The number of carbonyl (C=O) groups excluding carboxylic acids is 1. The normalized spacial score (nSPS) is 15.9. The summed E-state index contributed by atoms with van der Waals surface area (Å²) in [6.45, 7) is 6.97. The largest absolute Gasteiger partial charge is 0.462 e. The van der Waals surface area contributed by atoms with Crippen LogP contribution in [0.4, 0.5) is 54.0 Å². The van der Waals surface area contributed by atoms with Gasteiger partial charge in [-0.25, -0.2) is 0 Å². The topological polar surface area (TPSA) is 38.3 Å². The van der Waals surface area contributed by atoms with Gasteiger partial charge in [0.1, 0.15) is 8.07 Å². The summed E-state index contributed by atoms with van der Waals surface area (Å²) in [6, 6.07) is 4.58. The third-order valence-corrected chi connectivity index (χ3v) is 6.84. The van der Waals surface area contributed by atoms with Crippen LogP contribution in [0.2, 0.25) is 13.1 Å². The van der Waals surface area contributed by atoms with E-state index in [9.17, 15) is 53.1 Å². The summed E-state index contributed by atoms with van der Waals surface area (Å²) < 4.78 is 144. The fourth-order valence-corrected chi connectivity index (χ4v) is 3.25. The van der Waals surface area contributed by atoms with Crippen molar-refractivity contribution >= 4 is 24.9 Å². The molecule has 0 aliphatic rings. The Balaban J connectivity index is 3.37. The highest BCUT2D eigenvalue weighted by Gasteiger charge is 2.79. The standard InChI is InChI=1S/C16H14F11NO2Si/c1-4-31(2,3)10-7-5-6-9(8-10)28-11(29)12(17,14(20,21)22)30-16(26,27)13(18,19)15(23,24)25/h4-8H,1H2,2-3H3,(H,28,29). The first-order valence-corrected chi connectivity index (χ1v) is 11.0. The molecule has 31 heavy (non-hydrogen) atoms. The van der Waals surface area contributed by atoms with Crippen LogP contribution in [-0.2, 0) is 9.53 Å². The van der Waals surface area contributed by atoms with Crippen molar-refractivity contribution in [1.82, 2.24) is 0 Å². The van der Waals surface area contributed by atoms with Gasteiger partial charge in [0.2, 0.25) is 0 Å². The summed E-state index contributed by atoms with van der Waals surface area (Å²) in [7, 11) is -2.38. The van der Waals surface area contributed by atoms with E-state index >= 15 is 0 Å². The number of nitrogens with one attached hydrogen (secondary N) is 1. The van der Waals surface area contributed by atoms with Crippen molar-refractivity contribution in [2.45, 2.75) is 43.3 Å². The maximum Gasteiger partial charge on any atom is 0.462 e. The van der Waals surface area contributed by atoms with Crippen molar-refractivity contribution < 1.29 is 57.8 Å². The molecule has 0 radical (unpaired) electrons. The number of carbonyl (C=O) groups is 1. The van der Waals surface area contributed by atoms with Gasteiger partial charge in [0.25, 0.3) is 5.91 Å². The fourth-order valence-electron chi connectivity index (χ4n) is 1.97. The van der Waals surface area contributed by atoms with Gasteiger partial charge in [0.15, 0.2) is 0 Å². The quantitative estimate of drug-likeness (QED) is 0.417. The SMILES string of the molecule is C=C[Si](C)(C)c1cccc(NC(=O)C(F)(OC(F)(F)C(F)(F)C(F)(F)F)C(F)(F)F)c1. The predicted molar refractivity (Wildman–Crippen MR) is 89.3 cm³/mol. The Labute approximate surface area is 168 Å². The van der Waals surface area contributed by atoms with E-state index in [1.807, 2.05) is 0 Å². The molecule has 0 spiro atoms. The lowest BCUT2D eigenvalue weighted by Crippen LogP contribution is -2.62. The predicted octanol–water partition coefficient (Wildman–Crippen LogP) is 5.30. The van der Waals surface area contributed by atoms with Crippen molar-refractivity contribution in [1.29, 1.82) is 0 Å². The maximum atomic E-state index is 14.2. The Morgan fingerprint density at radius 2 is 1.48 bits per heavy atom. The monoisotopic (exact) mass is 489 g/mol. The molecule has 0 saturated heterocycles. The molecular weight excluding hydrogens is 475 g/mol. The number of hydrogen-bond donors (Lipinski definition) is 1. The van der Waals surface area contributed by atoms with E-state index in [-0.39, 0.29) is 0 Å². The second-order valence-corrected chi connectivity index (χ2v) is 11.2. The van der Waals surface area contributed by atoms with Gasteiger partial charge >= 0.3 is 30.2 Å². The number of rotatable bonds is 7. The van der Waals surface area contributed by atoms with Gasteiger partial charge in [-0.05, 0) is 12.1 Å². The molecule has 0 aliphatic carbocycles. The minimum atomic E-state index is -7.25. The van der Waals surface area contributed by atoms with E-state index < -0.39 is 49.9 Å². The number of amides is 1. The molecular formula is C16H14F11NO2Si. The van der Waals surface area contributed by atoms with Gasteiger partial charge in [0.05, 0.1) is 0 Å². The van der Waals surface area contributed by atoms with Crippen molar-refractivity contribution in [2.24, 2.45) is 0 Å². The molecule has 1 rings (SSSR count). The lowest BCUT2D eigenvalue weighted by atomic mass is 10.2. The first-order chi connectivity index (χ1) is 13.6. The summed E-state index contributed by atoms with van der Waals surface area (Å²) in [4.78, 5) is 11.8. The summed E-state index contributed by atoms with van der Waals surface area (Å²) in [5.41, 5.74) is 0.928. The van der Waals surface area contributed by atoms with Crippen LogP contribution in [0, 0.1) is 0 Å². The van der Waals surface area contributed by atoms with Gasteiger partial charge in [-0.2, -0.15) is 48.3 Å². The summed E-state index contributed by atoms with van der Waals surface area (Å²) in [5.74, 6) is -16.6. The number of alkyl halides is 11. The van der Waals surface area contributed by atoms with Crippen LogP contribution < -0.4 is 10.5 Å². The van der Waals surface area contributed by atoms with Gasteiger partial charge in [0, 0.05) is 5.69 Å². The molecule has 1 N–H and O–H groups in total. The molecule has 0 aromatic heterocycles. The lowest BCUT2D eigenvalue weighted by Gasteiger charge is -2.34. The number of ether oxygens (including phenoxy) is 1. The number of halogens is 11. The number of benzene rings is 1. The third-order valence-electron chi connectivity index (χ3n) is 4.02. The average molecular weight is 489 g/mol. The summed E-state index contributed by atoms with van der Waals surface area (Å²) in [5, 5.41) is 1.63. The van der Waals surface area contributed by atoms with Gasteiger partial charge < -0.3 is 5.32 Å². The molecule has 0 saturated carbocycles. The molecule has 1 amide bonds. The van der Waals surface area contributed by atoms with Gasteiger partial charge in [-0.3, -0.25) is 9.53 Å². The molecule has 15 heteroatoms. The van der Waals surface area contributed by atoms with Crippen molar-refractivity contribution in [2.75, 3.05) is 5.32 Å². The smallest absolute Gasteiger partial charge is 0.321 e. The zero-order chi connectivity index (χ0) is 24.7. The van der Waals surface area contributed by atoms with E-state index in [0.717, 1.165) is 12.1 Å². The maximum absolute atomic E-state index is 14.2. The Morgan fingerprint density at radius 1 is 0.968 bits per heavy atom. The molecule has 1 aromatic rings. The van der Waals surface area contributed by atoms with Crippen LogP contribution in [0.1, 0.15) is 0 Å². The van der Waals surface area contributed by atoms with Crippen LogP contribution in [0.15, 0.2) is 36.5 Å². The van der Waals surface area contributed by atoms with Gasteiger partial charge in [-0.15, -0.1) is 6.58 Å². The van der Waals surface area contributed by atoms with Crippen LogP contribution >= 0.6 is 0 Å². The molecule has 3 nitrogen and oxygen atoms in total. The second-order valence-electron chi connectivity index (χ2n) is 6.74. The summed E-state index contributed by atoms with van der Waals surface area (Å²) >= 11 is 0. The Hall–Kier alpha value is -2.16. The minimum Gasteiger partial charge on any atom is -0.321 e. The van der Waals surface area contributed by atoms with E-state index in [4.69, 9.17) is 0 Å². The first kappa shape index (κ1) is 26.9. The van der Waals surface area contributed by atoms with E-state index in [2.05, 4.69) is 11.3 Å². The Morgan fingerprint density at radius 3 is 1.90 bits per heavy atom. The highest BCUT2D eigenvalue weighted by molar-refractivity contribution is 6.93. The molecule has 1 atom stereocenters. The third kappa shape index (κ3) is 5.19. The molecule has 0 aliphatic heterocycles. The Kier molecular flexibility index (Phi) is 7.00. The second kappa shape index (κ2) is 8.07. The highest BCUT2D eigenvalue weighted by Crippen LogP contribution is 2.51. The van der Waals surface area contributed by atoms with Crippen molar-refractivity contribution in [3.8, 4) is 0 Å². The van der Waals surface area contributed by atoms with E-state index in [1.165, 1.54) is 23.1 Å². The molecule has 176 valence electrons. The summed E-state index contributed by atoms with van der Waals surface area (Å²) in [6.07, 6.45) is -21.0. The lowest BCUT2D eigenvalue weighted by molar-refractivity contribution is -0.472. The van der Waals surface area contributed by atoms with Crippen LogP contribution in [-0.4, -0.2) is 44.2 Å². The molecule has 1 unspecified atom stereocenters. The first-order valence-electron chi connectivity index (χ1n) is 7.96. The number of anilines is 1. The Bertz CT molecular complexity index is 836. The highest BCUT2D eigenvalue weighted by atomic mass is 28.3. The van der Waals surface area contributed by atoms with Crippen LogP contribution in [0.3, 0.4) is 0 Å². The molecule has 0 fully saturated rings. The van der Waals surface area contributed by atoms with Crippen molar-refractivity contribution in [3.05, 3.63) is 36.5 Å². The van der Waals surface area contributed by atoms with Crippen molar-refractivity contribution in [3.63, 3.8) is 0 Å². The van der Waals surface area contributed by atoms with Crippen LogP contribution in [0.5, 0.6) is 0 Å². The zero-order valence-corrected chi connectivity index (χ0v) is 16.6. The van der Waals surface area contributed by atoms with E-state index in [0.29, 0.717) is 5.19 Å². The number of hydrogen-bond acceptors (Lipinski definition) is 2. The average Bonchev–Trinajstić information content (AvgIpc) is 2.59. The molecule has 0 heterocycles.